The minimum atomic E-state index is 0.172. The van der Waals surface area contributed by atoms with Gasteiger partial charge in [0, 0.05) is 13.6 Å². The Labute approximate surface area is 142 Å². The summed E-state index contributed by atoms with van der Waals surface area (Å²) >= 11 is 7.23. The molecule has 0 unspecified atom stereocenters. The topological polar surface area (TPSA) is 31.4 Å². The molecule has 1 heterocycles. The molecule has 0 fully saturated rings. The molecule has 6 heteroatoms. The van der Waals surface area contributed by atoms with Gasteiger partial charge in [0.05, 0.1) is 16.3 Å². The van der Waals surface area contributed by atoms with Gasteiger partial charge in [-0.3, -0.25) is 0 Å². The summed E-state index contributed by atoms with van der Waals surface area (Å²) in [7, 11) is 6.19. The molecular weight excluding hydrogens is 312 g/mol. The van der Waals surface area contributed by atoms with Gasteiger partial charge >= 0.3 is 0 Å². The Kier molecular flexibility index (Phi) is 6.11. The molecule has 0 spiro atoms. The number of hydrogen-bond acceptors (Lipinski definition) is 4. The Morgan fingerprint density at radius 3 is 2.73 bits per heavy atom. The summed E-state index contributed by atoms with van der Waals surface area (Å²) in [5, 5.41) is 5.21. The maximum atomic E-state index is 5.49. The number of nitrogens with one attached hydrogen (secondary N) is 1. The van der Waals surface area contributed by atoms with Gasteiger partial charge in [0.2, 0.25) is 0 Å². The van der Waals surface area contributed by atoms with Gasteiger partial charge in [-0.25, -0.2) is 4.98 Å². The molecule has 4 nitrogen and oxygen atoms in total. The molecule has 0 saturated heterocycles. The molecule has 1 aromatic carbocycles. The van der Waals surface area contributed by atoms with Gasteiger partial charge in [0.1, 0.15) is 5.01 Å². The first-order valence-corrected chi connectivity index (χ1v) is 8.72. The summed E-state index contributed by atoms with van der Waals surface area (Å²) in [6.07, 6.45) is 1.08. The summed E-state index contributed by atoms with van der Waals surface area (Å²) in [6, 6.07) is 8.42. The Morgan fingerprint density at radius 2 is 2.05 bits per heavy atom. The minimum absolute atomic E-state index is 0.172. The number of nitrogens with zero attached hydrogens (tertiary/aromatic N) is 3. The number of rotatable bonds is 6. The molecule has 1 N–H and O–H groups in total. The fourth-order valence-electron chi connectivity index (χ4n) is 2.13. The lowest BCUT2D eigenvalue weighted by Gasteiger charge is -2.26. The van der Waals surface area contributed by atoms with Crippen LogP contribution in [0.4, 0.5) is 0 Å². The van der Waals surface area contributed by atoms with Crippen LogP contribution in [0.1, 0.15) is 24.4 Å². The number of fused-ring (bicyclic) bond motifs is 1. The highest BCUT2D eigenvalue weighted by molar-refractivity contribution is 7.80. The summed E-state index contributed by atoms with van der Waals surface area (Å²) in [5.74, 6) is 0. The monoisotopic (exact) mass is 336 g/mol. The largest absolute Gasteiger partial charge is 0.363 e. The van der Waals surface area contributed by atoms with E-state index in [2.05, 4.69) is 54.3 Å². The summed E-state index contributed by atoms with van der Waals surface area (Å²) < 4.78 is 1.22. The molecule has 0 saturated carbocycles. The van der Waals surface area contributed by atoms with E-state index >= 15 is 0 Å². The van der Waals surface area contributed by atoms with Crippen LogP contribution in [0, 0.1) is 0 Å². The van der Waals surface area contributed by atoms with Gasteiger partial charge in [-0.1, -0.05) is 12.1 Å². The van der Waals surface area contributed by atoms with Crippen LogP contribution in [0.2, 0.25) is 0 Å². The van der Waals surface area contributed by atoms with Crippen LogP contribution in [-0.4, -0.2) is 54.1 Å². The zero-order chi connectivity index (χ0) is 16.1. The first-order chi connectivity index (χ1) is 10.5. The third-order valence-electron chi connectivity index (χ3n) is 3.63. The van der Waals surface area contributed by atoms with E-state index in [0.717, 1.165) is 35.1 Å². The van der Waals surface area contributed by atoms with E-state index in [1.807, 2.05) is 13.1 Å². The van der Waals surface area contributed by atoms with Gasteiger partial charge in [0.25, 0.3) is 0 Å². The Morgan fingerprint density at radius 1 is 1.32 bits per heavy atom. The maximum Gasteiger partial charge on any atom is 0.169 e. The van der Waals surface area contributed by atoms with Gasteiger partial charge in [-0.05, 0) is 58.3 Å². The summed E-state index contributed by atoms with van der Waals surface area (Å²) in [5.41, 5.74) is 1.06. The molecule has 22 heavy (non-hydrogen) atoms. The summed E-state index contributed by atoms with van der Waals surface area (Å²) in [6.45, 7) is 4.10. The second-order valence-electron chi connectivity index (χ2n) is 5.70. The predicted molar refractivity (Wildman–Crippen MR) is 99.6 cm³/mol. The van der Waals surface area contributed by atoms with E-state index in [0.29, 0.717) is 0 Å². The zero-order valence-corrected chi connectivity index (χ0v) is 15.3. The van der Waals surface area contributed by atoms with Crippen LogP contribution in [-0.2, 0) is 0 Å². The lowest BCUT2D eigenvalue weighted by atomic mass is 10.3. The fraction of sp³-hybridized carbons (Fsp3) is 0.500. The molecule has 0 amide bonds. The van der Waals surface area contributed by atoms with E-state index < -0.39 is 0 Å². The molecule has 1 atom stereocenters. The number of para-hydroxylation sites is 1. The SMILES string of the molecule is C[C@@H](c1nc2ccccc2s1)N(C)C(=S)NCCCN(C)C. The standard InChI is InChI=1S/C16H24N4S2/c1-12(15-18-13-8-5-6-9-14(13)22-15)20(4)16(21)17-10-7-11-19(2)3/h5-6,8-9,12H,7,10-11H2,1-4H3,(H,17,21)/t12-/m0/s1. The molecule has 1 aromatic heterocycles. The summed E-state index contributed by atoms with van der Waals surface area (Å²) in [4.78, 5) is 8.98. The normalized spacial score (nSPS) is 12.6. The van der Waals surface area contributed by atoms with Crippen molar-refractivity contribution in [2.45, 2.75) is 19.4 Å². The van der Waals surface area contributed by atoms with Crippen molar-refractivity contribution in [2.24, 2.45) is 0 Å². The molecule has 0 bridgehead atoms. The highest BCUT2D eigenvalue weighted by atomic mass is 32.1. The highest BCUT2D eigenvalue weighted by Crippen LogP contribution is 2.28. The van der Waals surface area contributed by atoms with Crippen molar-refractivity contribution in [3.8, 4) is 0 Å². The van der Waals surface area contributed by atoms with Crippen LogP contribution in [0.3, 0.4) is 0 Å². The predicted octanol–water partition coefficient (Wildman–Crippen LogP) is 3.12. The average Bonchev–Trinajstić information content (AvgIpc) is 2.93. The van der Waals surface area contributed by atoms with Crippen LogP contribution in [0.15, 0.2) is 24.3 Å². The minimum Gasteiger partial charge on any atom is -0.363 e. The number of thiocarbonyl (C=S) groups is 1. The smallest absolute Gasteiger partial charge is 0.169 e. The van der Waals surface area contributed by atoms with Crippen molar-refractivity contribution < 1.29 is 0 Å². The molecule has 0 radical (unpaired) electrons. The first kappa shape index (κ1) is 17.1. The number of thiazole rings is 1. The number of benzene rings is 1. The Balaban J connectivity index is 1.93. The van der Waals surface area contributed by atoms with E-state index in [9.17, 15) is 0 Å². The van der Waals surface area contributed by atoms with Crippen molar-refractivity contribution in [1.82, 2.24) is 20.1 Å². The molecule has 0 aliphatic carbocycles. The molecule has 120 valence electrons. The van der Waals surface area contributed by atoms with E-state index in [-0.39, 0.29) is 6.04 Å². The van der Waals surface area contributed by atoms with E-state index in [4.69, 9.17) is 17.2 Å². The number of hydrogen-bond donors (Lipinski definition) is 1. The fourth-order valence-corrected chi connectivity index (χ4v) is 3.45. The Bertz CT molecular complexity index is 590. The molecule has 2 rings (SSSR count). The third-order valence-corrected chi connectivity index (χ3v) is 5.27. The van der Waals surface area contributed by atoms with E-state index in [1.165, 1.54) is 4.70 Å². The van der Waals surface area contributed by atoms with Crippen molar-refractivity contribution in [2.75, 3.05) is 34.2 Å². The number of aromatic nitrogens is 1. The lowest BCUT2D eigenvalue weighted by Crippen LogP contribution is -2.39. The van der Waals surface area contributed by atoms with Crippen LogP contribution in [0.25, 0.3) is 10.2 Å². The van der Waals surface area contributed by atoms with Gasteiger partial charge in [0.15, 0.2) is 5.11 Å². The van der Waals surface area contributed by atoms with E-state index in [1.54, 1.807) is 11.3 Å². The lowest BCUT2D eigenvalue weighted by molar-refractivity contribution is 0.382. The van der Waals surface area contributed by atoms with Crippen molar-refractivity contribution in [3.05, 3.63) is 29.3 Å². The zero-order valence-electron chi connectivity index (χ0n) is 13.7. The van der Waals surface area contributed by atoms with Crippen molar-refractivity contribution >= 4 is 38.9 Å². The van der Waals surface area contributed by atoms with Crippen LogP contribution in [0.5, 0.6) is 0 Å². The second kappa shape index (κ2) is 7.85. The molecule has 0 aliphatic heterocycles. The average molecular weight is 337 g/mol. The molecule has 2 aromatic rings. The second-order valence-corrected chi connectivity index (χ2v) is 7.14. The van der Waals surface area contributed by atoms with Gasteiger partial charge in [-0.2, -0.15) is 0 Å². The quantitative estimate of drug-likeness (QED) is 0.647. The van der Waals surface area contributed by atoms with Crippen LogP contribution < -0.4 is 5.32 Å². The van der Waals surface area contributed by atoms with Crippen molar-refractivity contribution in [3.63, 3.8) is 0 Å². The van der Waals surface area contributed by atoms with Gasteiger partial charge in [-0.15, -0.1) is 11.3 Å². The molecule has 0 aliphatic rings. The molecular formula is C16H24N4S2. The first-order valence-electron chi connectivity index (χ1n) is 7.50. The Hall–Kier alpha value is -1.24. The maximum absolute atomic E-state index is 5.49. The van der Waals surface area contributed by atoms with Crippen LogP contribution >= 0.6 is 23.6 Å². The highest BCUT2D eigenvalue weighted by Gasteiger charge is 2.18. The van der Waals surface area contributed by atoms with Crippen molar-refractivity contribution in [1.29, 1.82) is 0 Å². The van der Waals surface area contributed by atoms with Gasteiger partial charge < -0.3 is 15.1 Å². The third kappa shape index (κ3) is 4.38.